The van der Waals surface area contributed by atoms with Crippen LogP contribution in [-0.2, 0) is 9.47 Å². The van der Waals surface area contributed by atoms with E-state index in [0.717, 1.165) is 36.7 Å². The minimum absolute atomic E-state index is 0.171. The van der Waals surface area contributed by atoms with Crippen LogP contribution < -0.4 is 5.32 Å². The highest BCUT2D eigenvalue weighted by Gasteiger charge is 2.56. The molecule has 2 unspecified atom stereocenters. The van der Waals surface area contributed by atoms with Crippen molar-refractivity contribution in [2.24, 2.45) is 5.92 Å². The van der Waals surface area contributed by atoms with Crippen molar-refractivity contribution in [1.29, 1.82) is 0 Å². The Morgan fingerprint density at radius 1 is 0.816 bits per heavy atom. The maximum atomic E-state index is 13.1. The Morgan fingerprint density at radius 2 is 1.41 bits per heavy atom. The van der Waals surface area contributed by atoms with Gasteiger partial charge in [0.05, 0.1) is 40.7 Å². The number of hydrogen-bond acceptors (Lipinski definition) is 8. The normalized spacial score (nSPS) is 22.0. The van der Waals surface area contributed by atoms with E-state index in [1.165, 1.54) is 0 Å². The zero-order chi connectivity index (χ0) is 34.8. The topological polar surface area (TPSA) is 163 Å². The Balaban J connectivity index is 0.999. The van der Waals surface area contributed by atoms with Gasteiger partial charge < -0.3 is 24.8 Å². The molecule has 1 aliphatic carbocycles. The van der Waals surface area contributed by atoms with Gasteiger partial charge in [-0.3, -0.25) is 19.4 Å². The Kier molecular flexibility index (Phi) is 7.91. The summed E-state index contributed by atoms with van der Waals surface area (Å²) in [4.78, 5) is 71.7. The third-order valence-electron chi connectivity index (χ3n) is 9.22. The largest absolute Gasteiger partial charge is 0.444 e. The summed E-state index contributed by atoms with van der Waals surface area (Å²) in [5.41, 5.74) is 2.31. The lowest BCUT2D eigenvalue weighted by Crippen LogP contribution is -2.38. The van der Waals surface area contributed by atoms with Crippen LogP contribution in [-0.4, -0.2) is 83.9 Å². The first kappa shape index (κ1) is 32.6. The number of ether oxygens (including phenoxy) is 2. The van der Waals surface area contributed by atoms with Crippen molar-refractivity contribution in [1.82, 2.24) is 35.1 Å². The number of H-pyrrole nitrogens is 2. The van der Waals surface area contributed by atoms with Crippen molar-refractivity contribution >= 4 is 45.9 Å². The summed E-state index contributed by atoms with van der Waals surface area (Å²) in [6.07, 6.45) is 2.68. The third kappa shape index (κ3) is 6.70. The van der Waals surface area contributed by atoms with Crippen LogP contribution in [0.1, 0.15) is 112 Å². The number of Topliss-reactive ketones (excluding diaryl/α,β-unsaturated/α-hetero) is 1. The standard InChI is InChI=1S/C36H43N7O6/c1-35(2,3)48-33(46)42-13-7-8-26(42)30-38-22-11-9-19(14-24(22)40-30)29(44)18-37-32(45)20-10-12-23-25(15-20)41-31(39-23)28-17-21-16-27(21)43(28)34(47)49-36(4,5)6/h9-12,14-15,21,26-28H,7-8,13,16-18H2,1-6H3,(H,37,45)(H,38,40)(H,39,41)/t21?,26-,27?,28-/m0/s1. The van der Waals surface area contributed by atoms with Crippen LogP contribution in [0, 0.1) is 5.92 Å². The van der Waals surface area contributed by atoms with Gasteiger partial charge in [0.25, 0.3) is 5.91 Å². The molecular weight excluding hydrogens is 626 g/mol. The molecule has 2 aliphatic heterocycles. The van der Waals surface area contributed by atoms with E-state index in [0.29, 0.717) is 46.3 Å². The number of benzene rings is 2. The molecule has 0 bridgehead atoms. The molecule has 4 atom stereocenters. The lowest BCUT2D eigenvalue weighted by Gasteiger charge is -2.29. The van der Waals surface area contributed by atoms with Crippen LogP contribution in [0.15, 0.2) is 36.4 Å². The van der Waals surface area contributed by atoms with E-state index in [-0.39, 0.29) is 42.6 Å². The maximum Gasteiger partial charge on any atom is 0.411 e. The van der Waals surface area contributed by atoms with Gasteiger partial charge in [0.2, 0.25) is 0 Å². The summed E-state index contributed by atoms with van der Waals surface area (Å²) in [6, 6.07) is 10.0. The zero-order valence-electron chi connectivity index (χ0n) is 28.8. The van der Waals surface area contributed by atoms with Crippen LogP contribution in [0.4, 0.5) is 9.59 Å². The fourth-order valence-electron chi connectivity index (χ4n) is 6.91. The number of nitrogens with zero attached hydrogens (tertiary/aromatic N) is 4. The first-order valence-electron chi connectivity index (χ1n) is 17.0. The zero-order valence-corrected chi connectivity index (χ0v) is 28.8. The van der Waals surface area contributed by atoms with E-state index in [1.807, 2.05) is 41.5 Å². The lowest BCUT2D eigenvalue weighted by molar-refractivity contribution is 0.0173. The molecule has 3 amide bonds. The quantitative estimate of drug-likeness (QED) is 0.205. The van der Waals surface area contributed by atoms with Crippen molar-refractivity contribution in [3.63, 3.8) is 0 Å². The smallest absolute Gasteiger partial charge is 0.411 e. The Labute approximate surface area is 284 Å². The lowest BCUT2D eigenvalue weighted by atomic mass is 10.1. The third-order valence-corrected chi connectivity index (χ3v) is 9.22. The molecule has 49 heavy (non-hydrogen) atoms. The first-order valence-corrected chi connectivity index (χ1v) is 17.0. The summed E-state index contributed by atoms with van der Waals surface area (Å²) < 4.78 is 11.3. The van der Waals surface area contributed by atoms with Crippen LogP contribution in [0.25, 0.3) is 22.1 Å². The van der Waals surface area contributed by atoms with E-state index in [9.17, 15) is 19.2 Å². The molecule has 0 spiro atoms. The number of nitrogens with one attached hydrogen (secondary N) is 3. The monoisotopic (exact) mass is 669 g/mol. The molecule has 4 heterocycles. The Bertz CT molecular complexity index is 1970. The van der Waals surface area contributed by atoms with E-state index in [1.54, 1.807) is 46.2 Å². The average molecular weight is 670 g/mol. The molecule has 3 fully saturated rings. The molecule has 4 aromatic rings. The minimum Gasteiger partial charge on any atom is -0.444 e. The number of amides is 3. The van der Waals surface area contributed by atoms with Crippen LogP contribution in [0.5, 0.6) is 0 Å². The number of rotatable bonds is 6. The molecule has 2 aromatic heterocycles. The number of hydrogen-bond donors (Lipinski definition) is 3. The summed E-state index contributed by atoms with van der Waals surface area (Å²) in [5.74, 6) is 1.10. The van der Waals surface area contributed by atoms with Crippen molar-refractivity contribution in [3.8, 4) is 0 Å². The number of likely N-dealkylation sites (tertiary alicyclic amines) is 2. The summed E-state index contributed by atoms with van der Waals surface area (Å²) in [5, 5.41) is 2.73. The minimum atomic E-state index is -0.597. The van der Waals surface area contributed by atoms with Gasteiger partial charge in [0.15, 0.2) is 5.78 Å². The van der Waals surface area contributed by atoms with Gasteiger partial charge in [0, 0.05) is 23.7 Å². The van der Waals surface area contributed by atoms with Crippen molar-refractivity contribution in [2.45, 2.75) is 96.6 Å². The number of carbonyl (C=O) groups is 4. The molecule has 2 aromatic carbocycles. The number of fused-ring (bicyclic) bond motifs is 3. The molecule has 3 N–H and O–H groups in total. The van der Waals surface area contributed by atoms with Gasteiger partial charge in [-0.15, -0.1) is 0 Å². The van der Waals surface area contributed by atoms with Crippen molar-refractivity contribution in [2.75, 3.05) is 13.1 Å². The molecule has 7 rings (SSSR count). The summed E-state index contributed by atoms with van der Waals surface area (Å²) in [6.45, 7) is 11.5. The molecule has 13 nitrogen and oxygen atoms in total. The van der Waals surface area contributed by atoms with Crippen molar-refractivity contribution < 1.29 is 28.7 Å². The second kappa shape index (κ2) is 11.9. The van der Waals surface area contributed by atoms with Crippen LogP contribution >= 0.6 is 0 Å². The number of aromatic nitrogens is 4. The van der Waals surface area contributed by atoms with Crippen LogP contribution in [0.3, 0.4) is 0 Å². The van der Waals surface area contributed by atoms with Gasteiger partial charge in [-0.1, -0.05) is 0 Å². The van der Waals surface area contributed by atoms with E-state index < -0.39 is 17.1 Å². The highest BCUT2D eigenvalue weighted by Crippen LogP contribution is 2.53. The predicted octanol–water partition coefficient (Wildman–Crippen LogP) is 6.19. The average Bonchev–Trinajstić information content (AvgIpc) is 3.49. The summed E-state index contributed by atoms with van der Waals surface area (Å²) in [7, 11) is 0. The van der Waals surface area contributed by atoms with E-state index in [4.69, 9.17) is 19.4 Å². The predicted molar refractivity (Wildman–Crippen MR) is 181 cm³/mol. The molecule has 0 radical (unpaired) electrons. The van der Waals surface area contributed by atoms with Gasteiger partial charge in [-0.2, -0.15) is 0 Å². The van der Waals surface area contributed by atoms with Gasteiger partial charge in [-0.25, -0.2) is 19.6 Å². The fraction of sp³-hybridized carbons (Fsp3) is 0.500. The molecule has 13 heteroatoms. The Hall–Kier alpha value is -4.94. The highest BCUT2D eigenvalue weighted by molar-refractivity contribution is 6.04. The number of ketones is 1. The van der Waals surface area contributed by atoms with Gasteiger partial charge >= 0.3 is 12.2 Å². The van der Waals surface area contributed by atoms with Gasteiger partial charge in [0.1, 0.15) is 22.9 Å². The number of imidazole rings is 2. The second-order valence-electron chi connectivity index (χ2n) is 15.3. The fourth-order valence-corrected chi connectivity index (χ4v) is 6.91. The number of piperidine rings is 1. The first-order chi connectivity index (χ1) is 23.1. The van der Waals surface area contributed by atoms with Crippen molar-refractivity contribution in [3.05, 3.63) is 59.2 Å². The number of aromatic amines is 2. The highest BCUT2D eigenvalue weighted by atomic mass is 16.6. The van der Waals surface area contributed by atoms with Crippen LogP contribution in [0.2, 0.25) is 0 Å². The second-order valence-corrected chi connectivity index (χ2v) is 15.3. The van der Waals surface area contributed by atoms with E-state index in [2.05, 4.69) is 15.3 Å². The molecule has 3 aliphatic rings. The molecular formula is C36H43N7O6. The molecule has 258 valence electrons. The molecule has 1 saturated carbocycles. The maximum absolute atomic E-state index is 13.1. The molecule has 2 saturated heterocycles. The summed E-state index contributed by atoms with van der Waals surface area (Å²) >= 11 is 0. The van der Waals surface area contributed by atoms with Gasteiger partial charge in [-0.05, 0) is 110 Å². The Morgan fingerprint density at radius 3 is 2.06 bits per heavy atom. The van der Waals surface area contributed by atoms with E-state index >= 15 is 0 Å². The SMILES string of the molecule is CC(C)(C)OC(=O)N1CCC[C@H]1c1nc2cc(C(=O)CNC(=O)c3ccc4[nH]c([C@@H]5CC6CC6N5C(=O)OC(C)(C)C)nc4c3)ccc2[nH]1. The number of carbonyl (C=O) groups excluding carboxylic acids is 4.